The zero-order valence-electron chi connectivity index (χ0n) is 36.9. The Hall–Kier alpha value is -1.70. The molecule has 4 aliphatic carbocycles. The van der Waals surface area contributed by atoms with Gasteiger partial charge in [0, 0.05) is 23.8 Å². The predicted molar refractivity (Wildman–Crippen MR) is 239 cm³/mol. The lowest BCUT2D eigenvalue weighted by molar-refractivity contribution is 0.211. The molecule has 0 atom stereocenters. The molecule has 2 aromatic rings. The van der Waals surface area contributed by atoms with Gasteiger partial charge in [-0.1, -0.05) is 194 Å². The summed E-state index contributed by atoms with van der Waals surface area (Å²) >= 11 is 0. The summed E-state index contributed by atoms with van der Waals surface area (Å²) in [6.45, 7) is 9.25. The molecule has 0 amide bonds. The molecule has 0 aromatic carbocycles. The van der Waals surface area contributed by atoms with Crippen molar-refractivity contribution in [1.29, 1.82) is 0 Å². The van der Waals surface area contributed by atoms with Gasteiger partial charge in [-0.25, -0.2) is 0 Å². The van der Waals surface area contributed by atoms with Gasteiger partial charge in [-0.2, -0.15) is 0 Å². The highest BCUT2D eigenvalue weighted by Gasteiger charge is 2.26. The van der Waals surface area contributed by atoms with Crippen molar-refractivity contribution in [2.45, 2.75) is 227 Å². The van der Waals surface area contributed by atoms with Crippen molar-refractivity contribution in [2.24, 2.45) is 47.3 Å². The van der Waals surface area contributed by atoms with E-state index in [1.807, 2.05) is 0 Å². The summed E-state index contributed by atoms with van der Waals surface area (Å²) in [7, 11) is 0. The van der Waals surface area contributed by atoms with Gasteiger partial charge in [-0.15, -0.1) is 0 Å². The molecule has 0 N–H and O–H groups in total. The van der Waals surface area contributed by atoms with Crippen molar-refractivity contribution in [3.63, 3.8) is 0 Å². The standard InChI is InChI=1S/C27H45N.C26H43N/c1-3-5-6-26-18-20-27(28-21-26)19-17-25-15-13-24(14-16-25)12-11-23-9-7-22(4-2)8-10-23;1-3-5-25-17-19-26(27-20-25)18-16-24-14-12-23(13-15-24)11-10-22-8-6-21(4-2)7-9-22/h18,20-25H,3-17,19H2,1-2H3;17,19-24H,3-16,18H2,1-2H3/t22-,23-,24-,25-;21-,22-,23-,24-. The van der Waals surface area contributed by atoms with Crippen LogP contribution in [0.1, 0.15) is 224 Å². The van der Waals surface area contributed by atoms with Gasteiger partial charge >= 0.3 is 0 Å². The molecule has 4 fully saturated rings. The largest absolute Gasteiger partial charge is 0.261 e. The monoisotopic (exact) mass is 753 g/mol. The van der Waals surface area contributed by atoms with Gasteiger partial charge in [0.05, 0.1) is 0 Å². The van der Waals surface area contributed by atoms with Crippen molar-refractivity contribution in [3.8, 4) is 0 Å². The molecule has 0 aliphatic heterocycles. The van der Waals surface area contributed by atoms with Crippen molar-refractivity contribution in [1.82, 2.24) is 9.97 Å². The zero-order valence-corrected chi connectivity index (χ0v) is 36.9. The molecule has 55 heavy (non-hydrogen) atoms. The maximum Gasteiger partial charge on any atom is 0.0403 e. The van der Waals surface area contributed by atoms with E-state index in [4.69, 9.17) is 4.98 Å². The molecule has 2 heteroatoms. The Kier molecular flexibility index (Phi) is 20.7. The normalized spacial score (nSPS) is 28.7. The van der Waals surface area contributed by atoms with E-state index in [9.17, 15) is 0 Å². The van der Waals surface area contributed by atoms with Gasteiger partial charge < -0.3 is 0 Å². The third-order valence-corrected chi connectivity index (χ3v) is 15.7. The van der Waals surface area contributed by atoms with E-state index in [0.717, 1.165) is 53.8 Å². The van der Waals surface area contributed by atoms with E-state index in [1.54, 1.807) is 0 Å². The van der Waals surface area contributed by atoms with Gasteiger partial charge in [0.2, 0.25) is 0 Å². The quantitative estimate of drug-likeness (QED) is 0.143. The minimum absolute atomic E-state index is 0.956. The first-order chi connectivity index (χ1) is 27.0. The lowest BCUT2D eigenvalue weighted by Crippen LogP contribution is -2.18. The minimum Gasteiger partial charge on any atom is -0.261 e. The average molecular weight is 753 g/mol. The number of aromatic nitrogens is 2. The molecule has 0 unspecified atom stereocenters. The molecule has 2 heterocycles. The van der Waals surface area contributed by atoms with E-state index < -0.39 is 0 Å². The van der Waals surface area contributed by atoms with Crippen LogP contribution in [0.4, 0.5) is 0 Å². The van der Waals surface area contributed by atoms with E-state index >= 15 is 0 Å². The first-order valence-electron chi connectivity index (χ1n) is 24.9. The van der Waals surface area contributed by atoms with Crippen LogP contribution in [0.3, 0.4) is 0 Å². The third-order valence-electron chi connectivity index (χ3n) is 15.7. The fourth-order valence-electron chi connectivity index (χ4n) is 11.3. The van der Waals surface area contributed by atoms with E-state index in [1.165, 1.54) is 215 Å². The Morgan fingerprint density at radius 1 is 0.364 bits per heavy atom. The average Bonchev–Trinajstić information content (AvgIpc) is 3.25. The molecule has 310 valence electrons. The van der Waals surface area contributed by atoms with Crippen molar-refractivity contribution < 1.29 is 0 Å². The zero-order chi connectivity index (χ0) is 38.5. The number of hydrogen-bond acceptors (Lipinski definition) is 2. The van der Waals surface area contributed by atoms with E-state index in [0.29, 0.717) is 0 Å². The molecular weight excluding hydrogens is 665 g/mol. The second-order valence-electron chi connectivity index (χ2n) is 19.8. The summed E-state index contributed by atoms with van der Waals surface area (Å²) < 4.78 is 0. The Bertz CT molecular complexity index is 1220. The first-order valence-corrected chi connectivity index (χ1v) is 24.9. The molecule has 6 rings (SSSR count). The molecule has 2 nitrogen and oxygen atoms in total. The van der Waals surface area contributed by atoms with Crippen LogP contribution in [0, 0.1) is 47.3 Å². The van der Waals surface area contributed by atoms with Gasteiger partial charge in [0.1, 0.15) is 0 Å². The highest BCUT2D eigenvalue weighted by molar-refractivity contribution is 5.15. The van der Waals surface area contributed by atoms with Crippen LogP contribution in [0.25, 0.3) is 0 Å². The first kappa shape index (κ1) is 44.4. The van der Waals surface area contributed by atoms with Crippen LogP contribution >= 0.6 is 0 Å². The van der Waals surface area contributed by atoms with Crippen molar-refractivity contribution in [3.05, 3.63) is 59.2 Å². The van der Waals surface area contributed by atoms with Crippen LogP contribution in [-0.2, 0) is 25.7 Å². The van der Waals surface area contributed by atoms with Crippen LogP contribution in [0.2, 0.25) is 0 Å². The predicted octanol–water partition coefficient (Wildman–Crippen LogP) is 15.9. The second-order valence-corrected chi connectivity index (χ2v) is 19.8. The highest BCUT2D eigenvalue weighted by atomic mass is 14.7. The molecule has 0 saturated heterocycles. The summed E-state index contributed by atoms with van der Waals surface area (Å²) in [5, 5.41) is 0. The maximum atomic E-state index is 4.72. The van der Waals surface area contributed by atoms with Crippen LogP contribution in [0.5, 0.6) is 0 Å². The number of pyridine rings is 2. The maximum absolute atomic E-state index is 4.72. The van der Waals surface area contributed by atoms with Crippen molar-refractivity contribution in [2.75, 3.05) is 0 Å². The lowest BCUT2D eigenvalue weighted by Gasteiger charge is -2.31. The number of nitrogens with zero attached hydrogens (tertiary/aromatic N) is 2. The third kappa shape index (κ3) is 16.6. The molecule has 0 radical (unpaired) electrons. The number of hydrogen-bond donors (Lipinski definition) is 0. The van der Waals surface area contributed by atoms with Gasteiger partial charge in [0.15, 0.2) is 0 Å². The van der Waals surface area contributed by atoms with Crippen LogP contribution in [0.15, 0.2) is 36.7 Å². The molecule has 2 aromatic heterocycles. The highest BCUT2D eigenvalue weighted by Crippen LogP contribution is 2.40. The van der Waals surface area contributed by atoms with Crippen LogP contribution in [-0.4, -0.2) is 9.97 Å². The molecular formula is C53H88N2. The van der Waals surface area contributed by atoms with E-state index in [2.05, 4.69) is 69.3 Å². The van der Waals surface area contributed by atoms with Gasteiger partial charge in [-0.05, 0) is 116 Å². The number of unbranched alkanes of at least 4 members (excludes halogenated alkanes) is 1. The van der Waals surface area contributed by atoms with Crippen LogP contribution < -0.4 is 0 Å². The topological polar surface area (TPSA) is 25.8 Å². The molecule has 0 spiro atoms. The summed E-state index contributed by atoms with van der Waals surface area (Å²) in [6.07, 6.45) is 48.4. The van der Waals surface area contributed by atoms with Gasteiger partial charge in [0.25, 0.3) is 0 Å². The molecule has 4 saturated carbocycles. The van der Waals surface area contributed by atoms with Crippen molar-refractivity contribution >= 4 is 0 Å². The number of rotatable bonds is 19. The minimum atomic E-state index is 0.956. The summed E-state index contributed by atoms with van der Waals surface area (Å²) in [6, 6.07) is 9.15. The summed E-state index contributed by atoms with van der Waals surface area (Å²) in [4.78, 5) is 9.41. The molecule has 4 aliphatic rings. The van der Waals surface area contributed by atoms with Gasteiger partial charge in [-0.3, -0.25) is 9.97 Å². The fourth-order valence-corrected chi connectivity index (χ4v) is 11.3. The Morgan fingerprint density at radius 3 is 0.982 bits per heavy atom. The Balaban J connectivity index is 0.000000211. The fraction of sp³-hybridized carbons (Fsp3) is 0.811. The Morgan fingerprint density at radius 2 is 0.691 bits per heavy atom. The smallest absolute Gasteiger partial charge is 0.0403 e. The van der Waals surface area contributed by atoms with E-state index in [-0.39, 0.29) is 0 Å². The summed E-state index contributed by atoms with van der Waals surface area (Å²) in [5.41, 5.74) is 5.42. The second kappa shape index (κ2) is 25.6. The SMILES string of the molecule is CCCCc1ccc(CC[C@H]2CC[C@H](CC[C@H]3CC[C@H](CC)CC3)CC2)nc1.CCCc1ccc(CC[C@H]2CC[C@H](CC[C@H]3CC[C@H](CC)CC3)CC2)nc1. The lowest BCUT2D eigenvalue weighted by atomic mass is 9.74. The summed E-state index contributed by atoms with van der Waals surface area (Å²) in [5.74, 6) is 8.21. The Labute approximate surface area is 342 Å². The molecule has 0 bridgehead atoms. The number of aryl methyl sites for hydroxylation is 4.